The number of hydrogen-bond acceptors (Lipinski definition) is 6. The summed E-state index contributed by atoms with van der Waals surface area (Å²) >= 11 is 0. The maximum Gasteiger partial charge on any atom is 0.316 e. The average molecular weight is 652 g/mol. The molecular formula is C36H53N5O6. The normalized spacial score (nSPS) is 22.2. The number of carbonyl (C=O) groups is 6. The van der Waals surface area contributed by atoms with Crippen LogP contribution in [0.5, 0.6) is 0 Å². The summed E-state index contributed by atoms with van der Waals surface area (Å²) in [7, 11) is 0. The molecule has 0 aromatic heterocycles. The lowest BCUT2D eigenvalue weighted by atomic mass is 9.81. The summed E-state index contributed by atoms with van der Waals surface area (Å²) in [6.07, 6.45) is 7.44. The molecule has 2 saturated carbocycles. The molecule has 1 aliphatic heterocycles. The van der Waals surface area contributed by atoms with Crippen LogP contribution in [0.25, 0.3) is 0 Å². The Hall–Kier alpha value is -3.76. The summed E-state index contributed by atoms with van der Waals surface area (Å²) in [5.41, 5.74) is 5.09. The molecule has 0 radical (unpaired) electrons. The van der Waals surface area contributed by atoms with Crippen LogP contribution >= 0.6 is 0 Å². The lowest BCUT2D eigenvalue weighted by molar-refractivity contribution is -0.144. The predicted molar refractivity (Wildman–Crippen MR) is 178 cm³/mol. The van der Waals surface area contributed by atoms with E-state index in [-0.39, 0.29) is 29.5 Å². The Morgan fingerprint density at radius 2 is 1.51 bits per heavy atom. The maximum atomic E-state index is 14.4. The number of nitrogens with two attached hydrogens (primary N) is 1. The van der Waals surface area contributed by atoms with E-state index in [1.807, 2.05) is 40.7 Å². The molecule has 5 amide bonds. The minimum Gasteiger partial charge on any atom is -0.363 e. The number of nitrogens with zero attached hydrogens (tertiary/aromatic N) is 1. The Morgan fingerprint density at radius 1 is 0.872 bits per heavy atom. The summed E-state index contributed by atoms with van der Waals surface area (Å²) in [4.78, 5) is 81.5. The Kier molecular flexibility index (Phi) is 11.8. The van der Waals surface area contributed by atoms with Crippen LogP contribution in [0.2, 0.25) is 0 Å². The van der Waals surface area contributed by atoms with Crippen LogP contribution in [-0.4, -0.2) is 70.9 Å². The van der Waals surface area contributed by atoms with Gasteiger partial charge in [-0.05, 0) is 54.8 Å². The first-order chi connectivity index (χ1) is 22.2. The van der Waals surface area contributed by atoms with Crippen molar-refractivity contribution >= 4 is 35.3 Å². The van der Waals surface area contributed by atoms with Crippen LogP contribution in [0.1, 0.15) is 103 Å². The Bertz CT molecular complexity index is 1310. The van der Waals surface area contributed by atoms with Crippen molar-refractivity contribution in [2.75, 3.05) is 6.54 Å². The van der Waals surface area contributed by atoms with Gasteiger partial charge in [0.25, 0.3) is 5.91 Å². The molecule has 1 heterocycles. The first-order valence-corrected chi connectivity index (χ1v) is 17.3. The summed E-state index contributed by atoms with van der Waals surface area (Å²) in [5.74, 6) is -2.95. The number of carbonyl (C=O) groups excluding carboxylic acids is 6. The van der Waals surface area contributed by atoms with Gasteiger partial charge in [-0.2, -0.15) is 0 Å². The van der Waals surface area contributed by atoms with E-state index in [0.717, 1.165) is 44.9 Å². The molecule has 47 heavy (non-hydrogen) atoms. The van der Waals surface area contributed by atoms with Gasteiger partial charge in [-0.1, -0.05) is 97.1 Å². The van der Waals surface area contributed by atoms with Crippen molar-refractivity contribution in [1.82, 2.24) is 20.9 Å². The van der Waals surface area contributed by atoms with E-state index in [0.29, 0.717) is 24.9 Å². The van der Waals surface area contributed by atoms with Crippen LogP contribution in [0.4, 0.5) is 4.79 Å². The third-order valence-electron chi connectivity index (χ3n) is 10.1. The first kappa shape index (κ1) is 36.1. The largest absolute Gasteiger partial charge is 0.363 e. The molecule has 1 unspecified atom stereocenters. The smallest absolute Gasteiger partial charge is 0.316 e. The Labute approximate surface area is 278 Å². The summed E-state index contributed by atoms with van der Waals surface area (Å²) < 4.78 is 0. The molecule has 5 N–H and O–H groups in total. The molecule has 3 aliphatic rings. The molecule has 11 nitrogen and oxygen atoms in total. The van der Waals surface area contributed by atoms with Crippen LogP contribution in [0, 0.1) is 29.1 Å². The number of urea groups is 1. The number of hydrogen-bond donors (Lipinski definition) is 4. The zero-order valence-electron chi connectivity index (χ0n) is 28.6. The minimum atomic E-state index is -1.10. The van der Waals surface area contributed by atoms with Crippen molar-refractivity contribution < 1.29 is 28.8 Å². The van der Waals surface area contributed by atoms with Crippen molar-refractivity contribution in [3.05, 3.63) is 35.9 Å². The van der Waals surface area contributed by atoms with Crippen molar-refractivity contribution in [2.45, 2.75) is 117 Å². The molecule has 1 aromatic carbocycles. The van der Waals surface area contributed by atoms with Gasteiger partial charge in [0.2, 0.25) is 17.6 Å². The van der Waals surface area contributed by atoms with Crippen LogP contribution in [0.3, 0.4) is 0 Å². The highest BCUT2D eigenvalue weighted by atomic mass is 16.2. The molecular weight excluding hydrogens is 598 g/mol. The predicted octanol–water partition coefficient (Wildman–Crippen LogP) is 3.74. The van der Waals surface area contributed by atoms with E-state index >= 15 is 0 Å². The number of benzene rings is 1. The number of Topliss-reactive ketones (excluding diaryl/α,β-unsaturated/α-hetero) is 2. The molecule has 2 aliphatic carbocycles. The summed E-state index contributed by atoms with van der Waals surface area (Å²) in [5, 5.41) is 8.59. The number of amides is 5. The summed E-state index contributed by atoms with van der Waals surface area (Å²) in [6, 6.07) is 4.61. The maximum absolute atomic E-state index is 14.4. The van der Waals surface area contributed by atoms with Gasteiger partial charge in [0.05, 0.1) is 12.1 Å². The van der Waals surface area contributed by atoms with Crippen molar-refractivity contribution in [1.29, 1.82) is 0 Å². The number of nitrogens with one attached hydrogen (secondary N) is 3. The second kappa shape index (κ2) is 15.4. The highest BCUT2D eigenvalue weighted by Crippen LogP contribution is 2.36. The van der Waals surface area contributed by atoms with Crippen molar-refractivity contribution in [3.8, 4) is 0 Å². The molecule has 1 aromatic rings. The molecule has 0 spiro atoms. The zero-order valence-corrected chi connectivity index (χ0v) is 28.6. The zero-order chi connectivity index (χ0) is 34.5. The van der Waals surface area contributed by atoms with Gasteiger partial charge < -0.3 is 26.6 Å². The lowest BCUT2D eigenvalue weighted by Gasteiger charge is -2.37. The third-order valence-corrected chi connectivity index (χ3v) is 10.1. The number of rotatable bonds is 13. The first-order valence-electron chi connectivity index (χ1n) is 17.3. The SMILES string of the molecule is CC(C)[C@H]1CCN(C(=O)[C@@H](NC(=O)N[C@H](C(=O)c2ccccc2)C2CCCCC2)C(C)(C)C)[C@@H]1C(=O)NC(CC1CC1)C(=O)C(N)=O. The Balaban J connectivity index is 1.55. The fraction of sp³-hybridized carbons (Fsp3) is 0.667. The van der Waals surface area contributed by atoms with Gasteiger partial charge in [-0.3, -0.25) is 24.0 Å². The van der Waals surface area contributed by atoms with Gasteiger partial charge >= 0.3 is 6.03 Å². The fourth-order valence-electron chi connectivity index (χ4n) is 7.22. The monoisotopic (exact) mass is 651 g/mol. The molecule has 1 saturated heterocycles. The molecule has 258 valence electrons. The molecule has 5 atom stereocenters. The third kappa shape index (κ3) is 9.20. The number of likely N-dealkylation sites (tertiary alicyclic amines) is 1. The second-order valence-corrected chi connectivity index (χ2v) is 15.2. The topological polar surface area (TPSA) is 168 Å². The van der Waals surface area contributed by atoms with E-state index in [9.17, 15) is 28.8 Å². The molecule has 3 fully saturated rings. The van der Waals surface area contributed by atoms with E-state index in [4.69, 9.17) is 5.73 Å². The second-order valence-electron chi connectivity index (χ2n) is 15.2. The van der Waals surface area contributed by atoms with E-state index < -0.39 is 59.1 Å². The van der Waals surface area contributed by atoms with Gasteiger partial charge in [0.1, 0.15) is 12.1 Å². The van der Waals surface area contributed by atoms with Crippen LogP contribution in [-0.2, 0) is 19.2 Å². The van der Waals surface area contributed by atoms with Crippen molar-refractivity contribution in [3.63, 3.8) is 0 Å². The quantitative estimate of drug-likeness (QED) is 0.187. The minimum absolute atomic E-state index is 0.0175. The van der Waals surface area contributed by atoms with Gasteiger partial charge in [-0.15, -0.1) is 0 Å². The number of primary amides is 1. The van der Waals surface area contributed by atoms with E-state index in [2.05, 4.69) is 16.0 Å². The highest BCUT2D eigenvalue weighted by molar-refractivity contribution is 6.37. The van der Waals surface area contributed by atoms with Gasteiger partial charge in [0, 0.05) is 12.1 Å². The lowest BCUT2D eigenvalue weighted by Crippen LogP contribution is -2.62. The molecule has 0 bridgehead atoms. The van der Waals surface area contributed by atoms with E-state index in [1.54, 1.807) is 24.3 Å². The van der Waals surface area contributed by atoms with Crippen LogP contribution in [0.15, 0.2) is 30.3 Å². The standard InChI is InChI=1S/C36H53N5O6/c1-21(2)25-18-19-41(28(25)33(45)38-26(20-22-16-17-22)30(43)32(37)44)34(46)31(36(3,4)5)40-35(47)39-27(23-12-8-6-9-13-23)29(42)24-14-10-7-11-15-24/h7,10-11,14-15,21-23,25-28,31H,6,8-9,12-13,16-20H2,1-5H3,(H2,37,44)(H,38,45)(H2,39,40,47)/t25-,26?,27+,28+,31-/m1/s1. The van der Waals surface area contributed by atoms with E-state index in [1.165, 1.54) is 4.90 Å². The molecule has 4 rings (SSSR count). The highest BCUT2D eigenvalue weighted by Gasteiger charge is 2.48. The molecule has 11 heteroatoms. The fourth-order valence-corrected chi connectivity index (χ4v) is 7.22. The number of ketones is 2. The van der Waals surface area contributed by atoms with Gasteiger partial charge in [-0.25, -0.2) is 4.79 Å². The van der Waals surface area contributed by atoms with Gasteiger partial charge in [0.15, 0.2) is 5.78 Å². The van der Waals surface area contributed by atoms with Crippen molar-refractivity contribution in [2.24, 2.45) is 34.8 Å². The summed E-state index contributed by atoms with van der Waals surface area (Å²) in [6.45, 7) is 9.78. The Morgan fingerprint density at radius 3 is 2.06 bits per heavy atom. The van der Waals surface area contributed by atoms with Crippen LogP contribution < -0.4 is 21.7 Å². The average Bonchev–Trinajstić information content (AvgIpc) is 3.74.